The molecule has 0 saturated carbocycles. The summed E-state index contributed by atoms with van der Waals surface area (Å²) in [7, 11) is 0. The molecule has 106 valence electrons. The zero-order chi connectivity index (χ0) is 14.7. The van der Waals surface area contributed by atoms with Crippen LogP contribution in [0.5, 0.6) is 0 Å². The number of nitrogens with zero attached hydrogens (tertiary/aromatic N) is 1. The Bertz CT molecular complexity index is 706. The number of anilines is 1. The summed E-state index contributed by atoms with van der Waals surface area (Å²) in [6.07, 6.45) is 0. The molecule has 2 rings (SSSR count). The molecule has 20 heavy (non-hydrogen) atoms. The molecule has 0 amide bonds. The van der Waals surface area contributed by atoms with Crippen LogP contribution in [0.4, 0.5) is 5.82 Å². The van der Waals surface area contributed by atoms with Crippen LogP contribution in [0.25, 0.3) is 0 Å². The molecule has 1 heterocycles. The standard InChI is InChI=1S/C13H13Cl2N3O2/c1-2-18-12(19)6-11(17-13(18)20)16-7-8-3-4-9(14)10(15)5-8/h3-6,16H,2,7H2,1H3,(H,17,20). The third kappa shape index (κ3) is 3.23. The number of hydrogen-bond donors (Lipinski definition) is 2. The summed E-state index contributed by atoms with van der Waals surface area (Å²) in [6.45, 7) is 2.49. The zero-order valence-corrected chi connectivity index (χ0v) is 12.3. The molecule has 1 aromatic heterocycles. The number of H-pyrrole nitrogens is 1. The lowest BCUT2D eigenvalue weighted by atomic mass is 10.2. The van der Waals surface area contributed by atoms with Gasteiger partial charge in [0.2, 0.25) is 0 Å². The van der Waals surface area contributed by atoms with Crippen molar-refractivity contribution in [3.63, 3.8) is 0 Å². The molecule has 5 nitrogen and oxygen atoms in total. The molecule has 7 heteroatoms. The Morgan fingerprint density at radius 2 is 1.95 bits per heavy atom. The molecular weight excluding hydrogens is 301 g/mol. The summed E-state index contributed by atoms with van der Waals surface area (Å²) < 4.78 is 1.12. The van der Waals surface area contributed by atoms with Crippen LogP contribution >= 0.6 is 23.2 Å². The first-order valence-electron chi connectivity index (χ1n) is 6.03. The third-order valence-corrected chi connectivity index (χ3v) is 3.54. The second kappa shape index (κ2) is 6.15. The zero-order valence-electron chi connectivity index (χ0n) is 10.7. The molecule has 0 aliphatic heterocycles. The first-order chi connectivity index (χ1) is 9.51. The SMILES string of the molecule is CCn1c(=O)cc(NCc2ccc(Cl)c(Cl)c2)[nH]c1=O. The van der Waals surface area contributed by atoms with Crippen molar-refractivity contribution in [3.05, 3.63) is 60.7 Å². The van der Waals surface area contributed by atoms with E-state index in [0.29, 0.717) is 29.0 Å². The maximum absolute atomic E-state index is 11.7. The lowest BCUT2D eigenvalue weighted by molar-refractivity contribution is 0.673. The summed E-state index contributed by atoms with van der Waals surface area (Å²) >= 11 is 11.7. The van der Waals surface area contributed by atoms with E-state index in [1.54, 1.807) is 19.1 Å². The molecule has 0 aliphatic rings. The van der Waals surface area contributed by atoms with Gasteiger partial charge in [0.25, 0.3) is 5.56 Å². The average Bonchev–Trinajstić information content (AvgIpc) is 2.40. The molecule has 0 radical (unpaired) electrons. The molecule has 1 aromatic carbocycles. The van der Waals surface area contributed by atoms with Gasteiger partial charge in [-0.3, -0.25) is 14.3 Å². The van der Waals surface area contributed by atoms with Gasteiger partial charge in [0, 0.05) is 19.2 Å². The summed E-state index contributed by atoms with van der Waals surface area (Å²) in [4.78, 5) is 25.9. The minimum absolute atomic E-state index is 0.335. The number of halogens is 2. The smallest absolute Gasteiger partial charge is 0.329 e. The Kier molecular flexibility index (Phi) is 4.52. The van der Waals surface area contributed by atoms with Crippen LogP contribution in [0.2, 0.25) is 10.0 Å². The minimum atomic E-state index is -0.434. The highest BCUT2D eigenvalue weighted by atomic mass is 35.5. The van der Waals surface area contributed by atoms with Gasteiger partial charge in [-0.2, -0.15) is 0 Å². The first kappa shape index (κ1) is 14.7. The fraction of sp³-hybridized carbons (Fsp3) is 0.231. The van der Waals surface area contributed by atoms with E-state index in [-0.39, 0.29) is 5.56 Å². The maximum Gasteiger partial charge on any atom is 0.329 e. The van der Waals surface area contributed by atoms with Crippen LogP contribution in [0.3, 0.4) is 0 Å². The number of rotatable bonds is 4. The van der Waals surface area contributed by atoms with E-state index < -0.39 is 5.69 Å². The second-order valence-corrected chi connectivity index (χ2v) is 4.99. The van der Waals surface area contributed by atoms with Crippen molar-refractivity contribution in [1.82, 2.24) is 9.55 Å². The van der Waals surface area contributed by atoms with Crippen LogP contribution in [0, 0.1) is 0 Å². The molecule has 0 spiro atoms. The molecule has 0 fully saturated rings. The number of nitrogens with one attached hydrogen (secondary N) is 2. The van der Waals surface area contributed by atoms with E-state index >= 15 is 0 Å². The lowest BCUT2D eigenvalue weighted by Crippen LogP contribution is -2.34. The van der Waals surface area contributed by atoms with E-state index in [2.05, 4.69) is 10.3 Å². The van der Waals surface area contributed by atoms with Gasteiger partial charge < -0.3 is 5.32 Å². The molecule has 0 unspecified atom stereocenters. The average molecular weight is 314 g/mol. The fourth-order valence-electron chi connectivity index (χ4n) is 1.76. The summed E-state index contributed by atoms with van der Waals surface area (Å²) in [5.41, 5.74) is 0.115. The van der Waals surface area contributed by atoms with Gasteiger partial charge in [-0.05, 0) is 24.6 Å². The van der Waals surface area contributed by atoms with Gasteiger partial charge >= 0.3 is 5.69 Å². The predicted molar refractivity (Wildman–Crippen MR) is 80.8 cm³/mol. The quantitative estimate of drug-likeness (QED) is 0.911. The van der Waals surface area contributed by atoms with Crippen molar-refractivity contribution in [2.24, 2.45) is 0 Å². The Labute approximate surface area is 125 Å². The Balaban J connectivity index is 2.17. The van der Waals surface area contributed by atoms with Crippen molar-refractivity contribution in [3.8, 4) is 0 Å². The minimum Gasteiger partial charge on any atom is -0.367 e. The monoisotopic (exact) mass is 313 g/mol. The van der Waals surface area contributed by atoms with Crippen molar-refractivity contribution in [2.75, 3.05) is 5.32 Å². The van der Waals surface area contributed by atoms with Crippen molar-refractivity contribution in [1.29, 1.82) is 0 Å². The highest BCUT2D eigenvalue weighted by Crippen LogP contribution is 2.22. The number of aromatic amines is 1. The van der Waals surface area contributed by atoms with Gasteiger partial charge in [-0.25, -0.2) is 4.79 Å². The maximum atomic E-state index is 11.7. The highest BCUT2D eigenvalue weighted by Gasteiger charge is 2.03. The van der Waals surface area contributed by atoms with Gasteiger partial charge in [0.1, 0.15) is 5.82 Å². The third-order valence-electron chi connectivity index (χ3n) is 2.80. The second-order valence-electron chi connectivity index (χ2n) is 4.17. The molecule has 2 aromatic rings. The van der Waals surface area contributed by atoms with E-state index in [0.717, 1.165) is 10.1 Å². The first-order valence-corrected chi connectivity index (χ1v) is 6.79. The normalized spacial score (nSPS) is 10.6. The van der Waals surface area contributed by atoms with E-state index in [1.807, 2.05) is 6.07 Å². The van der Waals surface area contributed by atoms with Crippen LogP contribution in [-0.2, 0) is 13.1 Å². The molecule has 2 N–H and O–H groups in total. The van der Waals surface area contributed by atoms with Gasteiger partial charge in [-0.1, -0.05) is 29.3 Å². The van der Waals surface area contributed by atoms with Gasteiger partial charge in [0.05, 0.1) is 10.0 Å². The van der Waals surface area contributed by atoms with Crippen LogP contribution < -0.4 is 16.6 Å². The van der Waals surface area contributed by atoms with E-state index in [4.69, 9.17) is 23.2 Å². The van der Waals surface area contributed by atoms with Gasteiger partial charge in [-0.15, -0.1) is 0 Å². The molecular formula is C13H13Cl2N3O2. The van der Waals surface area contributed by atoms with Gasteiger partial charge in [0.15, 0.2) is 0 Å². The predicted octanol–water partition coefficient (Wildman–Crippen LogP) is 2.48. The number of hydrogen-bond acceptors (Lipinski definition) is 3. The fourth-order valence-corrected chi connectivity index (χ4v) is 2.08. The Morgan fingerprint density at radius 1 is 1.20 bits per heavy atom. The Hall–Kier alpha value is -1.72. The van der Waals surface area contributed by atoms with Crippen molar-refractivity contribution < 1.29 is 0 Å². The molecule has 0 saturated heterocycles. The highest BCUT2D eigenvalue weighted by molar-refractivity contribution is 6.42. The number of benzene rings is 1. The van der Waals surface area contributed by atoms with E-state index in [1.165, 1.54) is 6.07 Å². The lowest BCUT2D eigenvalue weighted by Gasteiger charge is -2.08. The van der Waals surface area contributed by atoms with Crippen LogP contribution in [0.15, 0.2) is 33.9 Å². The molecule has 0 bridgehead atoms. The van der Waals surface area contributed by atoms with E-state index in [9.17, 15) is 9.59 Å². The molecule has 0 aliphatic carbocycles. The molecule has 0 atom stereocenters. The summed E-state index contributed by atoms with van der Waals surface area (Å²) in [6, 6.07) is 6.58. The van der Waals surface area contributed by atoms with Crippen molar-refractivity contribution >= 4 is 29.0 Å². The largest absolute Gasteiger partial charge is 0.367 e. The topological polar surface area (TPSA) is 66.9 Å². The number of aromatic nitrogens is 2. The summed E-state index contributed by atoms with van der Waals surface area (Å²) in [5.74, 6) is 0.371. The van der Waals surface area contributed by atoms with Crippen LogP contribution in [-0.4, -0.2) is 9.55 Å². The Morgan fingerprint density at radius 3 is 2.55 bits per heavy atom. The summed E-state index contributed by atoms with van der Waals surface area (Å²) in [5, 5.41) is 3.91. The van der Waals surface area contributed by atoms with Crippen molar-refractivity contribution in [2.45, 2.75) is 20.0 Å². The van der Waals surface area contributed by atoms with Crippen LogP contribution in [0.1, 0.15) is 12.5 Å².